The lowest BCUT2D eigenvalue weighted by Gasteiger charge is -2.20. The molecule has 1 rings (SSSR count). The summed E-state index contributed by atoms with van der Waals surface area (Å²) in [6, 6.07) is 0.634. The first-order valence-corrected chi connectivity index (χ1v) is 7.53. The fraction of sp³-hybridized carbons (Fsp3) is 0.714. The maximum Gasteiger partial charge on any atom is 0.318 e. The predicted octanol–water partition coefficient (Wildman–Crippen LogP) is 3.06. The first-order chi connectivity index (χ1) is 9.60. The number of halogens is 1. The van der Waals surface area contributed by atoms with Gasteiger partial charge in [0.15, 0.2) is 5.82 Å². The Hall–Kier alpha value is -1.07. The maximum absolute atomic E-state index is 6.08. The van der Waals surface area contributed by atoms with Crippen LogP contribution in [0.1, 0.15) is 33.6 Å². The molecule has 1 N–H and O–H groups in total. The number of nitrogens with one attached hydrogen (secondary N) is 1. The zero-order valence-corrected chi connectivity index (χ0v) is 13.6. The van der Waals surface area contributed by atoms with Crippen LogP contribution in [0.5, 0.6) is 6.01 Å². The summed E-state index contributed by atoms with van der Waals surface area (Å²) in [6.45, 7) is 9.85. The fourth-order valence-corrected chi connectivity index (χ4v) is 2.16. The molecule has 1 heterocycles. The minimum absolute atomic E-state index is 0.308. The third-order valence-corrected chi connectivity index (χ3v) is 3.57. The Labute approximate surface area is 126 Å². The van der Waals surface area contributed by atoms with E-state index in [4.69, 9.17) is 16.3 Å². The Morgan fingerprint density at radius 1 is 1.40 bits per heavy atom. The molecule has 1 unspecified atom stereocenters. The van der Waals surface area contributed by atoms with Gasteiger partial charge in [-0.3, -0.25) is 0 Å². The van der Waals surface area contributed by atoms with Gasteiger partial charge in [-0.2, -0.15) is 4.98 Å². The van der Waals surface area contributed by atoms with Crippen molar-refractivity contribution in [2.45, 2.75) is 39.7 Å². The highest BCUT2D eigenvalue weighted by molar-refractivity contribution is 6.32. The molecule has 0 aliphatic rings. The second-order valence-corrected chi connectivity index (χ2v) is 5.17. The normalized spacial score (nSPS) is 12.5. The summed E-state index contributed by atoms with van der Waals surface area (Å²) in [5.41, 5.74) is 0. The van der Waals surface area contributed by atoms with Gasteiger partial charge in [-0.1, -0.05) is 25.4 Å². The van der Waals surface area contributed by atoms with Crippen molar-refractivity contribution in [1.29, 1.82) is 0 Å². The quantitative estimate of drug-likeness (QED) is 0.759. The molecule has 0 spiro atoms. The summed E-state index contributed by atoms with van der Waals surface area (Å²) in [6.07, 6.45) is 3.77. The molecule has 1 aromatic heterocycles. The molecule has 114 valence electrons. The van der Waals surface area contributed by atoms with Gasteiger partial charge in [-0.05, 0) is 39.4 Å². The van der Waals surface area contributed by atoms with Gasteiger partial charge in [0, 0.05) is 6.04 Å². The number of aromatic nitrogens is 2. The molecule has 0 saturated heterocycles. The van der Waals surface area contributed by atoms with Crippen molar-refractivity contribution in [1.82, 2.24) is 14.9 Å². The van der Waals surface area contributed by atoms with Crippen molar-refractivity contribution in [3.63, 3.8) is 0 Å². The molecule has 0 radical (unpaired) electrons. The number of anilines is 1. The zero-order valence-electron chi connectivity index (χ0n) is 12.8. The third kappa shape index (κ3) is 5.51. The Bertz CT molecular complexity index is 399. The van der Waals surface area contributed by atoms with Crippen LogP contribution in [0, 0.1) is 0 Å². The standard InChI is InChI=1S/C14H25ClN4O/c1-5-19(6-2)9-7-8-11(3)17-13-12(15)10-16-14(18-13)20-4/h10-11H,5-9H2,1-4H3,(H,16,17,18). The minimum atomic E-state index is 0.308. The van der Waals surface area contributed by atoms with E-state index in [2.05, 4.69) is 41.0 Å². The van der Waals surface area contributed by atoms with Crippen LogP contribution >= 0.6 is 11.6 Å². The molecule has 0 saturated carbocycles. The first kappa shape index (κ1) is 17.0. The number of ether oxygens (including phenoxy) is 1. The smallest absolute Gasteiger partial charge is 0.318 e. The largest absolute Gasteiger partial charge is 0.467 e. The summed E-state index contributed by atoms with van der Waals surface area (Å²) in [5, 5.41) is 3.83. The fourth-order valence-electron chi connectivity index (χ4n) is 2.02. The molecule has 20 heavy (non-hydrogen) atoms. The summed E-state index contributed by atoms with van der Waals surface area (Å²) in [4.78, 5) is 10.6. The van der Waals surface area contributed by atoms with E-state index >= 15 is 0 Å². The van der Waals surface area contributed by atoms with Crippen molar-refractivity contribution < 1.29 is 4.74 Å². The molecule has 0 aliphatic carbocycles. The van der Waals surface area contributed by atoms with Crippen LogP contribution in [0.3, 0.4) is 0 Å². The molecule has 1 atom stereocenters. The third-order valence-electron chi connectivity index (χ3n) is 3.29. The Kier molecular flexibility index (Phi) is 7.62. The van der Waals surface area contributed by atoms with Gasteiger partial charge in [0.2, 0.25) is 0 Å². The van der Waals surface area contributed by atoms with Crippen LogP contribution in [-0.4, -0.2) is 47.7 Å². The van der Waals surface area contributed by atoms with E-state index < -0.39 is 0 Å². The number of nitrogens with zero attached hydrogens (tertiary/aromatic N) is 3. The molecule has 0 amide bonds. The lowest BCUT2D eigenvalue weighted by atomic mass is 10.1. The molecule has 5 nitrogen and oxygen atoms in total. The van der Waals surface area contributed by atoms with Crippen molar-refractivity contribution in [2.75, 3.05) is 32.1 Å². The highest BCUT2D eigenvalue weighted by Crippen LogP contribution is 2.21. The number of hydrogen-bond donors (Lipinski definition) is 1. The van der Waals surface area contributed by atoms with Gasteiger partial charge >= 0.3 is 6.01 Å². The van der Waals surface area contributed by atoms with E-state index in [9.17, 15) is 0 Å². The van der Waals surface area contributed by atoms with Crippen LogP contribution in [0.4, 0.5) is 5.82 Å². The minimum Gasteiger partial charge on any atom is -0.467 e. The maximum atomic E-state index is 6.08. The lowest BCUT2D eigenvalue weighted by Crippen LogP contribution is -2.25. The van der Waals surface area contributed by atoms with Crippen molar-refractivity contribution in [3.8, 4) is 6.01 Å². The van der Waals surface area contributed by atoms with Crippen LogP contribution in [0.2, 0.25) is 5.02 Å². The van der Waals surface area contributed by atoms with Crippen molar-refractivity contribution in [3.05, 3.63) is 11.2 Å². The van der Waals surface area contributed by atoms with E-state index in [0.717, 1.165) is 32.5 Å². The van der Waals surface area contributed by atoms with E-state index in [1.54, 1.807) is 13.3 Å². The average Bonchev–Trinajstić information content (AvgIpc) is 2.46. The van der Waals surface area contributed by atoms with Gasteiger partial charge in [-0.15, -0.1) is 0 Å². The molecule has 0 aromatic carbocycles. The summed E-state index contributed by atoms with van der Waals surface area (Å²) >= 11 is 6.08. The molecule has 0 fully saturated rings. The summed E-state index contributed by atoms with van der Waals surface area (Å²) < 4.78 is 5.01. The molecular weight excluding hydrogens is 276 g/mol. The van der Waals surface area contributed by atoms with Crippen LogP contribution in [-0.2, 0) is 0 Å². The van der Waals surface area contributed by atoms with Gasteiger partial charge in [-0.25, -0.2) is 4.98 Å². The van der Waals surface area contributed by atoms with Crippen LogP contribution in [0.25, 0.3) is 0 Å². The predicted molar refractivity (Wildman–Crippen MR) is 83.7 cm³/mol. The molecule has 0 aliphatic heterocycles. The van der Waals surface area contributed by atoms with Gasteiger partial charge in [0.25, 0.3) is 0 Å². The molecule has 1 aromatic rings. The van der Waals surface area contributed by atoms with Crippen molar-refractivity contribution >= 4 is 17.4 Å². The average molecular weight is 301 g/mol. The summed E-state index contributed by atoms with van der Waals surface area (Å²) in [5.74, 6) is 0.633. The zero-order chi connectivity index (χ0) is 15.0. The second-order valence-electron chi connectivity index (χ2n) is 4.77. The van der Waals surface area contributed by atoms with Gasteiger partial charge in [0.1, 0.15) is 5.02 Å². The van der Waals surface area contributed by atoms with Crippen molar-refractivity contribution in [2.24, 2.45) is 0 Å². The number of methoxy groups -OCH3 is 1. The van der Waals surface area contributed by atoms with E-state index in [1.807, 2.05) is 0 Å². The van der Waals surface area contributed by atoms with Crippen LogP contribution in [0.15, 0.2) is 6.20 Å². The second kappa shape index (κ2) is 8.97. The highest BCUT2D eigenvalue weighted by atomic mass is 35.5. The monoisotopic (exact) mass is 300 g/mol. The molecule has 0 bridgehead atoms. The van der Waals surface area contributed by atoms with Gasteiger partial charge < -0.3 is 15.0 Å². The van der Waals surface area contributed by atoms with E-state index in [0.29, 0.717) is 22.9 Å². The Morgan fingerprint density at radius 2 is 2.10 bits per heavy atom. The molecular formula is C14H25ClN4O. The first-order valence-electron chi connectivity index (χ1n) is 7.16. The number of hydrogen-bond acceptors (Lipinski definition) is 5. The number of rotatable bonds is 9. The molecule has 6 heteroatoms. The van der Waals surface area contributed by atoms with E-state index in [1.165, 1.54) is 0 Å². The topological polar surface area (TPSA) is 50.3 Å². The highest BCUT2D eigenvalue weighted by Gasteiger charge is 2.09. The van der Waals surface area contributed by atoms with E-state index in [-0.39, 0.29) is 0 Å². The summed E-state index contributed by atoms with van der Waals surface area (Å²) in [7, 11) is 1.54. The Balaban J connectivity index is 2.44. The Morgan fingerprint density at radius 3 is 2.70 bits per heavy atom. The SMILES string of the molecule is CCN(CC)CCCC(C)Nc1nc(OC)ncc1Cl. The lowest BCUT2D eigenvalue weighted by molar-refractivity contribution is 0.295. The van der Waals surface area contributed by atoms with Gasteiger partial charge in [0.05, 0.1) is 13.3 Å². The van der Waals surface area contributed by atoms with Crippen LogP contribution < -0.4 is 10.1 Å².